The van der Waals surface area contributed by atoms with Crippen LogP contribution in [-0.4, -0.2) is 28.1 Å². The van der Waals surface area contributed by atoms with E-state index in [2.05, 4.69) is 40.3 Å². The monoisotopic (exact) mass is 481 g/mol. The number of rotatable bonds is 5. The number of benzene rings is 4. The van der Waals surface area contributed by atoms with Gasteiger partial charge in [-0.15, -0.1) is 0 Å². The number of nitrogens with one attached hydrogen (secondary N) is 1. The van der Waals surface area contributed by atoms with Crippen LogP contribution in [0.15, 0.2) is 54.7 Å². The quantitative estimate of drug-likeness (QED) is 0.265. The molecule has 7 nitrogen and oxygen atoms in total. The highest BCUT2D eigenvalue weighted by molar-refractivity contribution is 6.18. The smallest absolute Gasteiger partial charge is 0.231 e. The topological polar surface area (TPSA) is 62.1 Å². The van der Waals surface area contributed by atoms with E-state index in [-0.39, 0.29) is 6.79 Å². The van der Waals surface area contributed by atoms with Gasteiger partial charge < -0.3 is 29.0 Å². The van der Waals surface area contributed by atoms with Gasteiger partial charge in [0.2, 0.25) is 12.3 Å². The molecular weight excluding hydrogens is 456 g/mol. The van der Waals surface area contributed by atoms with Gasteiger partial charge in [0.05, 0.1) is 48.9 Å². The van der Waals surface area contributed by atoms with Gasteiger partial charge in [-0.25, -0.2) is 0 Å². The molecule has 7 heteroatoms. The van der Waals surface area contributed by atoms with Gasteiger partial charge in [-0.05, 0) is 48.0 Å². The first-order chi connectivity index (χ1) is 17.7. The lowest BCUT2D eigenvalue weighted by Crippen LogP contribution is -2.38. The second-order valence-corrected chi connectivity index (χ2v) is 9.02. The lowest BCUT2D eigenvalue weighted by molar-refractivity contribution is -0.670. The number of fused-ring (bicyclic) bond motifs is 4. The summed E-state index contributed by atoms with van der Waals surface area (Å²) < 4.78 is 30.7. The summed E-state index contributed by atoms with van der Waals surface area (Å²) in [7, 11) is 4.99. The van der Waals surface area contributed by atoms with E-state index >= 15 is 0 Å². The fraction of sp³-hybridized carbons (Fsp3) is 0.207. The number of anilines is 2. The van der Waals surface area contributed by atoms with Gasteiger partial charge >= 0.3 is 0 Å². The van der Waals surface area contributed by atoms with Crippen LogP contribution in [0.4, 0.5) is 11.4 Å². The Hall–Kier alpha value is -4.39. The summed E-state index contributed by atoms with van der Waals surface area (Å²) in [6.45, 7) is 1.15. The molecule has 7 rings (SSSR count). The average molecular weight is 482 g/mol. The fourth-order valence-electron chi connectivity index (χ4n) is 5.60. The van der Waals surface area contributed by atoms with Gasteiger partial charge in [0.1, 0.15) is 17.2 Å². The molecular formula is C29H25N2O5+. The lowest BCUT2D eigenvalue weighted by atomic mass is 9.92. The Kier molecular flexibility index (Phi) is 4.54. The van der Waals surface area contributed by atoms with Crippen LogP contribution in [0.25, 0.3) is 32.4 Å². The highest BCUT2D eigenvalue weighted by Gasteiger charge is 2.29. The predicted molar refractivity (Wildman–Crippen MR) is 138 cm³/mol. The molecule has 0 bridgehead atoms. The van der Waals surface area contributed by atoms with Crippen molar-refractivity contribution < 1.29 is 28.3 Å². The van der Waals surface area contributed by atoms with Crippen molar-refractivity contribution in [1.82, 2.24) is 0 Å². The Morgan fingerprint density at radius 3 is 2.47 bits per heavy atom. The molecule has 0 saturated carbocycles. The molecule has 1 aromatic heterocycles. The Morgan fingerprint density at radius 2 is 1.64 bits per heavy atom. The molecule has 0 saturated heterocycles. The molecule has 2 aliphatic rings. The zero-order valence-electron chi connectivity index (χ0n) is 20.3. The third-order valence-corrected chi connectivity index (χ3v) is 7.27. The molecule has 4 aromatic carbocycles. The summed E-state index contributed by atoms with van der Waals surface area (Å²) in [4.78, 5) is 0. The van der Waals surface area contributed by atoms with Crippen molar-refractivity contribution in [2.24, 2.45) is 0 Å². The summed E-state index contributed by atoms with van der Waals surface area (Å²) in [6.07, 6.45) is 3.15. The number of methoxy groups -OCH3 is 3. The summed E-state index contributed by atoms with van der Waals surface area (Å²) in [5.41, 5.74) is 4.24. The second kappa shape index (κ2) is 7.81. The molecule has 36 heavy (non-hydrogen) atoms. The van der Waals surface area contributed by atoms with Crippen molar-refractivity contribution in [3.63, 3.8) is 0 Å². The highest BCUT2D eigenvalue weighted by Crippen LogP contribution is 2.46. The third kappa shape index (κ3) is 2.89. The summed E-state index contributed by atoms with van der Waals surface area (Å²) in [5, 5.41) is 9.34. The van der Waals surface area contributed by atoms with Crippen LogP contribution in [0.3, 0.4) is 0 Å². The van der Waals surface area contributed by atoms with Crippen LogP contribution in [0.5, 0.6) is 28.7 Å². The van der Waals surface area contributed by atoms with Crippen LogP contribution in [0, 0.1) is 0 Å². The normalized spacial score (nSPS) is 13.5. The van der Waals surface area contributed by atoms with Crippen LogP contribution in [-0.2, 0) is 13.0 Å². The summed E-state index contributed by atoms with van der Waals surface area (Å²) >= 11 is 0. The van der Waals surface area contributed by atoms with Crippen molar-refractivity contribution in [2.75, 3.05) is 33.4 Å². The molecule has 1 N–H and O–H groups in total. The Morgan fingerprint density at radius 1 is 0.806 bits per heavy atom. The number of hydrogen-bond donors (Lipinski definition) is 1. The lowest BCUT2D eigenvalue weighted by Gasteiger charge is -2.19. The first-order valence-corrected chi connectivity index (χ1v) is 11.9. The number of aryl methyl sites for hydroxylation is 2. The van der Waals surface area contributed by atoms with E-state index in [1.165, 1.54) is 21.9 Å². The molecule has 0 amide bonds. The maximum atomic E-state index is 5.84. The highest BCUT2D eigenvalue weighted by atomic mass is 16.7. The summed E-state index contributed by atoms with van der Waals surface area (Å²) in [5.74, 6) is 3.86. The number of pyridine rings is 1. The minimum atomic E-state index is 0.271. The number of ether oxygens (including phenoxy) is 5. The van der Waals surface area contributed by atoms with E-state index in [9.17, 15) is 0 Å². The Bertz CT molecular complexity index is 1710. The minimum Gasteiger partial charge on any atom is -0.497 e. The fourth-order valence-corrected chi connectivity index (χ4v) is 5.60. The molecule has 3 heterocycles. The minimum absolute atomic E-state index is 0.271. The Labute approximate surface area is 207 Å². The molecule has 0 fully saturated rings. The van der Waals surface area contributed by atoms with Gasteiger partial charge in [0, 0.05) is 23.3 Å². The van der Waals surface area contributed by atoms with Gasteiger partial charge in [-0.1, -0.05) is 0 Å². The standard InChI is InChI=1S/C29H24N2O5/c1-32-17-4-8-22(24(13-17)34-3)30-27-21-14-31-11-10-16-12-25-29(36-15-35-25)20-6-5-19(28(31)26(16)20)18(21)7-9-23(27)33-2/h4-9,12-14H,10-11,15H2,1-3H3/p+1. The van der Waals surface area contributed by atoms with Crippen molar-refractivity contribution in [2.45, 2.75) is 13.0 Å². The maximum absolute atomic E-state index is 5.84. The maximum Gasteiger partial charge on any atom is 0.231 e. The predicted octanol–water partition coefficient (Wildman–Crippen LogP) is 5.49. The van der Waals surface area contributed by atoms with Crippen molar-refractivity contribution in [3.8, 4) is 28.7 Å². The average Bonchev–Trinajstić information content (AvgIpc) is 3.40. The van der Waals surface area contributed by atoms with Gasteiger partial charge in [0.25, 0.3) is 0 Å². The SMILES string of the molecule is COc1ccc(Nc2c(OC)ccc3c2c[n+]2c4c3ccc3c5c(cc(c34)CC2)OCO5)c(OC)c1. The Balaban J connectivity index is 1.50. The van der Waals surface area contributed by atoms with E-state index in [0.29, 0.717) is 5.75 Å². The van der Waals surface area contributed by atoms with Crippen LogP contribution < -0.4 is 33.6 Å². The van der Waals surface area contributed by atoms with Crippen LogP contribution >= 0.6 is 0 Å². The third-order valence-electron chi connectivity index (χ3n) is 7.27. The van der Waals surface area contributed by atoms with Crippen LogP contribution in [0.2, 0.25) is 0 Å². The molecule has 0 spiro atoms. The van der Waals surface area contributed by atoms with Gasteiger partial charge in [-0.3, -0.25) is 0 Å². The van der Waals surface area contributed by atoms with Crippen molar-refractivity contribution >= 4 is 43.8 Å². The summed E-state index contributed by atoms with van der Waals surface area (Å²) in [6, 6.07) is 16.4. The molecule has 0 unspecified atom stereocenters. The van der Waals surface area contributed by atoms with Gasteiger partial charge in [0.15, 0.2) is 24.2 Å². The van der Waals surface area contributed by atoms with E-state index in [4.69, 9.17) is 23.7 Å². The van der Waals surface area contributed by atoms with Crippen LogP contribution in [0.1, 0.15) is 5.56 Å². The van der Waals surface area contributed by atoms with E-state index < -0.39 is 0 Å². The van der Waals surface area contributed by atoms with E-state index in [1.807, 2.05) is 24.3 Å². The van der Waals surface area contributed by atoms with Crippen molar-refractivity contribution in [3.05, 3.63) is 60.3 Å². The first-order valence-electron chi connectivity index (χ1n) is 11.9. The number of hydrogen-bond acceptors (Lipinski definition) is 6. The van der Waals surface area contributed by atoms with Crippen molar-refractivity contribution in [1.29, 1.82) is 0 Å². The largest absolute Gasteiger partial charge is 0.497 e. The first kappa shape index (κ1) is 20.9. The zero-order valence-corrected chi connectivity index (χ0v) is 20.3. The molecule has 0 radical (unpaired) electrons. The number of nitrogens with zero attached hydrogens (tertiary/aromatic N) is 1. The van der Waals surface area contributed by atoms with E-state index in [1.54, 1.807) is 21.3 Å². The molecule has 180 valence electrons. The number of aromatic nitrogens is 1. The van der Waals surface area contributed by atoms with Gasteiger partial charge in [-0.2, -0.15) is 4.57 Å². The molecule has 2 aliphatic heterocycles. The zero-order chi connectivity index (χ0) is 24.4. The molecule has 0 aliphatic carbocycles. The van der Waals surface area contributed by atoms with E-state index in [0.717, 1.165) is 63.5 Å². The molecule has 0 atom stereocenters. The molecule has 5 aromatic rings. The second-order valence-electron chi connectivity index (χ2n) is 9.02.